The zero-order chi connectivity index (χ0) is 19.3. The summed E-state index contributed by atoms with van der Waals surface area (Å²) in [6, 6.07) is 15.5. The molecule has 0 N–H and O–H groups in total. The zero-order valence-electron chi connectivity index (χ0n) is 16.1. The van der Waals surface area contributed by atoms with Gasteiger partial charge in [-0.15, -0.1) is 0 Å². The number of carbonyl (C=O) groups is 1. The van der Waals surface area contributed by atoms with Crippen molar-refractivity contribution in [3.8, 4) is 5.88 Å². The molecule has 0 radical (unpaired) electrons. The van der Waals surface area contributed by atoms with E-state index in [1.807, 2.05) is 53.4 Å². The average Bonchev–Trinajstić information content (AvgIpc) is 2.75. The van der Waals surface area contributed by atoms with E-state index in [0.29, 0.717) is 12.4 Å². The lowest BCUT2D eigenvalue weighted by Crippen LogP contribution is -2.59. The number of rotatable bonds is 5. The molecule has 1 aliphatic carbocycles. The highest BCUT2D eigenvalue weighted by molar-refractivity contribution is 5.68. The third kappa shape index (κ3) is 4.12. The Labute approximate surface area is 165 Å². The van der Waals surface area contributed by atoms with Gasteiger partial charge in [0.05, 0.1) is 12.6 Å². The van der Waals surface area contributed by atoms with Gasteiger partial charge in [0.25, 0.3) is 0 Å². The van der Waals surface area contributed by atoms with Crippen LogP contribution in [0.1, 0.15) is 24.8 Å². The van der Waals surface area contributed by atoms with Crippen LogP contribution >= 0.6 is 0 Å². The second-order valence-electron chi connectivity index (χ2n) is 7.42. The number of aromatic nitrogens is 1. The lowest BCUT2D eigenvalue weighted by Gasteiger charge is -2.48. The van der Waals surface area contributed by atoms with Crippen molar-refractivity contribution in [2.75, 3.05) is 13.7 Å². The van der Waals surface area contributed by atoms with Crippen LogP contribution in [0.2, 0.25) is 0 Å². The summed E-state index contributed by atoms with van der Waals surface area (Å²) in [6.07, 6.45) is 4.10. The lowest BCUT2D eigenvalue weighted by molar-refractivity contribution is -0.0897. The lowest BCUT2D eigenvalue weighted by atomic mass is 9.76. The molecule has 4 rings (SSSR count). The molecule has 1 saturated heterocycles. The Bertz CT molecular complexity index is 771. The molecule has 1 aromatic carbocycles. The summed E-state index contributed by atoms with van der Waals surface area (Å²) in [5.74, 6) is 0.813. The number of hydrogen-bond acceptors (Lipinski definition) is 5. The fourth-order valence-electron chi connectivity index (χ4n) is 4.32. The molecular weight excluding hydrogens is 356 g/mol. The first-order chi connectivity index (χ1) is 13.7. The number of hydrogen-bond donors (Lipinski definition) is 0. The van der Waals surface area contributed by atoms with Gasteiger partial charge < -0.3 is 19.1 Å². The van der Waals surface area contributed by atoms with Crippen LogP contribution in [-0.4, -0.2) is 47.9 Å². The second kappa shape index (κ2) is 8.61. The third-order valence-electron chi connectivity index (χ3n) is 5.75. The van der Waals surface area contributed by atoms with Crippen molar-refractivity contribution in [1.82, 2.24) is 9.88 Å². The molecule has 1 aliphatic heterocycles. The van der Waals surface area contributed by atoms with E-state index >= 15 is 0 Å². The van der Waals surface area contributed by atoms with Gasteiger partial charge in [-0.05, 0) is 30.9 Å². The molecule has 2 fully saturated rings. The quantitative estimate of drug-likeness (QED) is 0.790. The van der Waals surface area contributed by atoms with Gasteiger partial charge in [-0.1, -0.05) is 36.4 Å². The molecule has 2 bridgehead atoms. The molecule has 1 aromatic heterocycles. The Morgan fingerprint density at radius 3 is 2.68 bits per heavy atom. The van der Waals surface area contributed by atoms with Gasteiger partial charge in [0.1, 0.15) is 12.7 Å². The van der Waals surface area contributed by atoms with Crippen molar-refractivity contribution >= 4 is 6.09 Å². The second-order valence-corrected chi connectivity index (χ2v) is 7.42. The minimum absolute atomic E-state index is 0.146. The normalized spacial score (nSPS) is 26.5. The topological polar surface area (TPSA) is 60.9 Å². The predicted octanol–water partition coefficient (Wildman–Crippen LogP) is 3.67. The largest absolute Gasteiger partial charge is 0.472 e. The first-order valence-electron chi connectivity index (χ1n) is 9.82. The van der Waals surface area contributed by atoms with Gasteiger partial charge in [0.15, 0.2) is 0 Å². The number of methoxy groups -OCH3 is 1. The van der Waals surface area contributed by atoms with Crippen LogP contribution in [0, 0.1) is 5.92 Å². The van der Waals surface area contributed by atoms with Gasteiger partial charge in [-0.2, -0.15) is 0 Å². The van der Waals surface area contributed by atoms with Gasteiger partial charge in [0.2, 0.25) is 5.88 Å². The standard InChI is InChI=1S/C22H26N2O4/c1-26-19-11-10-17-13-18(19)20(28-21-9-5-6-12-23-21)14-24(17)22(25)27-15-16-7-3-2-4-8-16/h2-9,12,17-20H,10-11,13-15H2,1H3/t17-,18-,19+,20-/m0/s1. The first kappa shape index (κ1) is 18.7. The number of fused-ring (bicyclic) bond motifs is 2. The molecule has 6 heteroatoms. The molecule has 28 heavy (non-hydrogen) atoms. The van der Waals surface area contributed by atoms with Crippen molar-refractivity contribution in [2.24, 2.45) is 5.92 Å². The van der Waals surface area contributed by atoms with E-state index in [9.17, 15) is 4.79 Å². The van der Waals surface area contributed by atoms with Crippen LogP contribution in [0.3, 0.4) is 0 Å². The summed E-state index contributed by atoms with van der Waals surface area (Å²) in [5.41, 5.74) is 0.982. The molecule has 1 saturated carbocycles. The summed E-state index contributed by atoms with van der Waals surface area (Å²) in [6.45, 7) is 0.762. The number of amides is 1. The van der Waals surface area contributed by atoms with E-state index in [-0.39, 0.29) is 36.9 Å². The van der Waals surface area contributed by atoms with Crippen LogP contribution in [0.4, 0.5) is 4.79 Å². The van der Waals surface area contributed by atoms with Crippen molar-refractivity contribution in [3.05, 3.63) is 60.3 Å². The highest BCUT2D eigenvalue weighted by Gasteiger charge is 2.46. The van der Waals surface area contributed by atoms with Crippen LogP contribution in [0.15, 0.2) is 54.7 Å². The summed E-state index contributed by atoms with van der Waals surface area (Å²) in [5, 5.41) is 0. The molecule has 2 heterocycles. The van der Waals surface area contributed by atoms with E-state index in [0.717, 1.165) is 24.8 Å². The summed E-state index contributed by atoms with van der Waals surface area (Å²) < 4.78 is 17.5. The van der Waals surface area contributed by atoms with Crippen molar-refractivity contribution in [2.45, 2.75) is 44.1 Å². The molecule has 2 aromatic rings. The summed E-state index contributed by atoms with van der Waals surface area (Å²) in [7, 11) is 1.75. The minimum Gasteiger partial charge on any atom is -0.472 e. The molecular formula is C22H26N2O4. The number of pyridine rings is 1. The number of likely N-dealkylation sites (tertiary alicyclic amines) is 1. The van der Waals surface area contributed by atoms with E-state index in [4.69, 9.17) is 14.2 Å². The first-order valence-corrected chi connectivity index (χ1v) is 9.82. The predicted molar refractivity (Wildman–Crippen MR) is 104 cm³/mol. The highest BCUT2D eigenvalue weighted by atomic mass is 16.6. The third-order valence-corrected chi connectivity index (χ3v) is 5.75. The molecule has 2 aliphatic rings. The molecule has 0 spiro atoms. The molecule has 1 amide bonds. The van der Waals surface area contributed by atoms with Crippen LogP contribution in [-0.2, 0) is 16.1 Å². The van der Waals surface area contributed by atoms with E-state index in [1.165, 1.54) is 0 Å². The molecule has 148 valence electrons. The van der Waals surface area contributed by atoms with Crippen LogP contribution in [0.5, 0.6) is 5.88 Å². The van der Waals surface area contributed by atoms with Crippen LogP contribution in [0.25, 0.3) is 0 Å². The average molecular weight is 382 g/mol. The van der Waals surface area contributed by atoms with E-state index in [1.54, 1.807) is 13.3 Å². The Kier molecular flexibility index (Phi) is 5.76. The number of carbonyl (C=O) groups excluding carboxylic acids is 1. The van der Waals surface area contributed by atoms with E-state index in [2.05, 4.69) is 4.98 Å². The Hall–Kier alpha value is -2.60. The summed E-state index contributed by atoms with van der Waals surface area (Å²) in [4.78, 5) is 18.9. The van der Waals surface area contributed by atoms with Gasteiger partial charge in [0, 0.05) is 31.3 Å². The van der Waals surface area contributed by atoms with Crippen molar-refractivity contribution < 1.29 is 19.0 Å². The maximum atomic E-state index is 12.8. The van der Waals surface area contributed by atoms with Crippen molar-refractivity contribution in [1.29, 1.82) is 0 Å². The molecule has 4 atom stereocenters. The SMILES string of the molecule is CO[C@@H]1CC[C@H]2C[C@@H]1[C@@H](Oc1ccccn1)CN2C(=O)OCc1ccccc1. The summed E-state index contributed by atoms with van der Waals surface area (Å²) >= 11 is 0. The minimum atomic E-state index is -0.280. The Balaban J connectivity index is 1.46. The number of piperidine rings is 1. The smallest absolute Gasteiger partial charge is 0.410 e. The number of benzene rings is 1. The monoisotopic (exact) mass is 382 g/mol. The van der Waals surface area contributed by atoms with Crippen molar-refractivity contribution in [3.63, 3.8) is 0 Å². The number of ether oxygens (including phenoxy) is 3. The highest BCUT2D eigenvalue weighted by Crippen LogP contribution is 2.38. The number of nitrogens with zero attached hydrogens (tertiary/aromatic N) is 2. The van der Waals surface area contributed by atoms with Gasteiger partial charge >= 0.3 is 6.09 Å². The maximum absolute atomic E-state index is 12.8. The van der Waals surface area contributed by atoms with Gasteiger partial charge in [-0.25, -0.2) is 9.78 Å². The Morgan fingerprint density at radius 1 is 1.11 bits per heavy atom. The maximum Gasteiger partial charge on any atom is 0.410 e. The zero-order valence-corrected chi connectivity index (χ0v) is 16.1. The fraction of sp³-hybridized carbons (Fsp3) is 0.455. The Morgan fingerprint density at radius 2 is 1.93 bits per heavy atom. The van der Waals surface area contributed by atoms with Gasteiger partial charge in [-0.3, -0.25) is 0 Å². The van der Waals surface area contributed by atoms with E-state index < -0.39 is 0 Å². The molecule has 6 nitrogen and oxygen atoms in total. The fourth-order valence-corrected chi connectivity index (χ4v) is 4.32. The van der Waals surface area contributed by atoms with Crippen LogP contribution < -0.4 is 4.74 Å². The molecule has 0 unspecified atom stereocenters.